The predicted molar refractivity (Wildman–Crippen MR) is 138 cm³/mol. The van der Waals surface area contributed by atoms with Gasteiger partial charge in [-0.05, 0) is 59.7 Å². The number of carbonyl (C=O) groups is 1. The lowest BCUT2D eigenvalue weighted by molar-refractivity contribution is -0.132. The zero-order chi connectivity index (χ0) is 24.4. The van der Waals surface area contributed by atoms with Gasteiger partial charge in [-0.3, -0.25) is 4.79 Å². The minimum atomic E-state index is 0.280. The zero-order valence-electron chi connectivity index (χ0n) is 19.7. The van der Waals surface area contributed by atoms with Crippen molar-refractivity contribution in [3.63, 3.8) is 0 Å². The molecule has 0 unspecified atom stereocenters. The number of imidazole rings is 1. The molecule has 2 aliphatic rings. The molecule has 186 valence electrons. The van der Waals surface area contributed by atoms with Gasteiger partial charge in [0, 0.05) is 35.4 Å². The molecule has 0 radical (unpaired) electrons. The Balaban J connectivity index is 1.35. The number of nitrogens with zero attached hydrogens (tertiary/aromatic N) is 5. The van der Waals surface area contributed by atoms with Crippen molar-refractivity contribution in [1.82, 2.24) is 24.4 Å². The second-order valence-electron chi connectivity index (χ2n) is 8.87. The average molecular weight is 562 g/mol. The first-order chi connectivity index (χ1) is 17.0. The second kappa shape index (κ2) is 10.6. The Morgan fingerprint density at radius 3 is 2.69 bits per heavy atom. The van der Waals surface area contributed by atoms with Gasteiger partial charge in [0.25, 0.3) is 0 Å². The normalized spacial score (nSPS) is 16.1. The lowest BCUT2D eigenvalue weighted by Crippen LogP contribution is -2.38. The lowest BCUT2D eigenvalue weighted by Gasteiger charge is -2.32. The number of piperidine rings is 1. The van der Waals surface area contributed by atoms with Crippen LogP contribution in [0.2, 0.25) is 0 Å². The Bertz CT molecular complexity index is 1230. The Hall–Kier alpha value is -2.53. The number of aryl methyl sites for hydroxylation is 1. The van der Waals surface area contributed by atoms with Gasteiger partial charge >= 0.3 is 0 Å². The van der Waals surface area contributed by atoms with E-state index in [-0.39, 0.29) is 5.91 Å². The summed E-state index contributed by atoms with van der Waals surface area (Å²) >= 11 is 5.21. The number of nitrogens with two attached hydrogens (primary N) is 1. The van der Waals surface area contributed by atoms with Crippen molar-refractivity contribution in [3.8, 4) is 11.5 Å². The molecule has 1 aromatic carbocycles. The minimum Gasteiger partial charge on any atom is -0.486 e. The van der Waals surface area contributed by atoms with Gasteiger partial charge in [-0.15, -0.1) is 0 Å². The highest BCUT2D eigenvalue weighted by Crippen LogP contribution is 2.42. The number of ether oxygens (including phenoxy) is 2. The van der Waals surface area contributed by atoms with E-state index in [4.69, 9.17) is 20.2 Å². The van der Waals surface area contributed by atoms with Crippen LogP contribution in [0.1, 0.15) is 39.0 Å². The summed E-state index contributed by atoms with van der Waals surface area (Å²) < 4.78 is 14.5. The van der Waals surface area contributed by atoms with Crippen molar-refractivity contribution in [2.24, 2.45) is 5.92 Å². The maximum atomic E-state index is 12.2. The van der Waals surface area contributed by atoms with Gasteiger partial charge in [-0.2, -0.15) is 0 Å². The van der Waals surface area contributed by atoms with Crippen LogP contribution in [0.25, 0.3) is 11.2 Å². The summed E-state index contributed by atoms with van der Waals surface area (Å²) in [6, 6.07) is 3.91. The fourth-order valence-corrected chi connectivity index (χ4v) is 6.10. The number of carbonyl (C=O) groups excluding carboxylic acids is 1. The molecule has 1 fully saturated rings. The van der Waals surface area contributed by atoms with Crippen LogP contribution < -0.4 is 15.2 Å². The molecule has 0 aliphatic carbocycles. The van der Waals surface area contributed by atoms with Crippen molar-refractivity contribution < 1.29 is 14.3 Å². The topological polar surface area (TPSA) is 108 Å². The molecule has 2 aromatic heterocycles. The van der Waals surface area contributed by atoms with E-state index in [0.29, 0.717) is 36.9 Å². The molecule has 3 aromatic rings. The van der Waals surface area contributed by atoms with Crippen molar-refractivity contribution in [3.05, 3.63) is 22.9 Å². The van der Waals surface area contributed by atoms with Crippen LogP contribution in [0.3, 0.4) is 0 Å². The Morgan fingerprint density at radius 2 is 1.94 bits per heavy atom. The molecule has 0 bridgehead atoms. The zero-order valence-corrected chi connectivity index (χ0v) is 22.1. The molecule has 0 saturated carbocycles. The van der Waals surface area contributed by atoms with Crippen molar-refractivity contribution in [1.29, 1.82) is 0 Å². The van der Waals surface area contributed by atoms with E-state index in [0.717, 1.165) is 77.0 Å². The summed E-state index contributed by atoms with van der Waals surface area (Å²) in [7, 11) is 0. The fourth-order valence-electron chi connectivity index (χ4n) is 4.59. The van der Waals surface area contributed by atoms with Gasteiger partial charge in [0.2, 0.25) is 5.91 Å². The number of anilines is 1. The van der Waals surface area contributed by atoms with Crippen LogP contribution in [-0.4, -0.2) is 56.6 Å². The predicted octanol–water partition coefficient (Wildman–Crippen LogP) is 4.52. The monoisotopic (exact) mass is 560 g/mol. The van der Waals surface area contributed by atoms with Gasteiger partial charge in [-0.25, -0.2) is 15.0 Å². The Morgan fingerprint density at radius 1 is 1.20 bits per heavy atom. The van der Waals surface area contributed by atoms with Crippen molar-refractivity contribution >= 4 is 50.6 Å². The molecule has 4 heterocycles. The molecular weight excluding hydrogens is 532 g/mol. The third-order valence-corrected chi connectivity index (χ3v) is 8.49. The first-order valence-corrected chi connectivity index (χ1v) is 13.7. The molecule has 0 atom stereocenters. The number of benzene rings is 1. The molecular formula is C24H29BrN6O3S. The number of fused-ring (bicyclic) bond motifs is 2. The molecule has 9 nitrogen and oxygen atoms in total. The van der Waals surface area contributed by atoms with E-state index < -0.39 is 0 Å². The highest BCUT2D eigenvalue weighted by molar-refractivity contribution is 9.10. The SMILES string of the molecule is CCCC(=O)N1CCC(CCn2c(Sc3cc4c(cc3Br)OCCO4)nc3c(N)ncnc32)CC1. The summed E-state index contributed by atoms with van der Waals surface area (Å²) in [5, 5.41) is 0.806. The molecule has 5 rings (SSSR count). The fraction of sp³-hybridized carbons (Fsp3) is 0.500. The third kappa shape index (κ3) is 5.20. The van der Waals surface area contributed by atoms with Gasteiger partial charge in [0.1, 0.15) is 19.5 Å². The standard InChI is InChI=1S/C24H29BrN6O3S/c1-2-3-20(32)30-7-4-15(5-8-30)6-9-31-23-21(22(26)27-14-28-23)29-24(31)35-19-13-18-17(12-16(19)25)33-10-11-34-18/h12-15H,2-11H2,1H3,(H2,26,27,28). The largest absolute Gasteiger partial charge is 0.486 e. The number of hydrogen-bond donors (Lipinski definition) is 1. The number of rotatable bonds is 7. The van der Waals surface area contributed by atoms with Gasteiger partial charge < -0.3 is 24.7 Å². The van der Waals surface area contributed by atoms with E-state index in [9.17, 15) is 4.79 Å². The van der Waals surface area contributed by atoms with Crippen LogP contribution >= 0.6 is 27.7 Å². The quantitative estimate of drug-likeness (QED) is 0.449. The van der Waals surface area contributed by atoms with Crippen LogP contribution in [0, 0.1) is 5.92 Å². The lowest BCUT2D eigenvalue weighted by atomic mass is 9.93. The van der Waals surface area contributed by atoms with Crippen molar-refractivity contribution in [2.45, 2.75) is 55.6 Å². The number of likely N-dealkylation sites (tertiary alicyclic amines) is 1. The minimum absolute atomic E-state index is 0.280. The van der Waals surface area contributed by atoms with Gasteiger partial charge in [0.05, 0.1) is 0 Å². The maximum Gasteiger partial charge on any atom is 0.222 e. The summed E-state index contributed by atoms with van der Waals surface area (Å²) in [6.45, 7) is 5.59. The third-order valence-electron chi connectivity index (χ3n) is 6.52. The van der Waals surface area contributed by atoms with E-state index in [1.165, 1.54) is 18.1 Å². The molecule has 11 heteroatoms. The summed E-state index contributed by atoms with van der Waals surface area (Å²) in [5.41, 5.74) is 7.50. The van der Waals surface area contributed by atoms with E-state index in [1.807, 2.05) is 17.0 Å². The molecule has 1 amide bonds. The molecule has 1 saturated heterocycles. The van der Waals surface area contributed by atoms with E-state index >= 15 is 0 Å². The molecule has 2 N–H and O–H groups in total. The highest BCUT2D eigenvalue weighted by Gasteiger charge is 2.24. The first kappa shape index (κ1) is 24.2. The van der Waals surface area contributed by atoms with Gasteiger partial charge in [0.15, 0.2) is 33.6 Å². The van der Waals surface area contributed by atoms with E-state index in [2.05, 4.69) is 37.4 Å². The summed E-state index contributed by atoms with van der Waals surface area (Å²) in [6.07, 6.45) is 6.06. The Labute approximate surface area is 216 Å². The Kier molecular flexibility index (Phi) is 7.33. The van der Waals surface area contributed by atoms with Crippen molar-refractivity contribution in [2.75, 3.05) is 32.0 Å². The number of aromatic nitrogens is 4. The number of amides is 1. The molecule has 2 aliphatic heterocycles. The average Bonchev–Trinajstić information content (AvgIpc) is 3.22. The molecule has 35 heavy (non-hydrogen) atoms. The summed E-state index contributed by atoms with van der Waals surface area (Å²) in [5.74, 6) is 2.67. The maximum absolute atomic E-state index is 12.2. The summed E-state index contributed by atoms with van der Waals surface area (Å²) in [4.78, 5) is 28.7. The van der Waals surface area contributed by atoms with Gasteiger partial charge in [-0.1, -0.05) is 18.7 Å². The number of halogens is 1. The van der Waals surface area contributed by atoms with Crippen LogP contribution in [-0.2, 0) is 11.3 Å². The first-order valence-electron chi connectivity index (χ1n) is 12.0. The number of nitrogen functional groups attached to an aromatic ring is 1. The second-order valence-corrected chi connectivity index (χ2v) is 10.7. The highest BCUT2D eigenvalue weighted by atomic mass is 79.9. The molecule has 0 spiro atoms. The van der Waals surface area contributed by atoms with Crippen LogP contribution in [0.15, 0.2) is 33.0 Å². The van der Waals surface area contributed by atoms with Crippen LogP contribution in [0.4, 0.5) is 5.82 Å². The smallest absolute Gasteiger partial charge is 0.222 e. The number of hydrogen-bond acceptors (Lipinski definition) is 8. The van der Waals surface area contributed by atoms with E-state index in [1.54, 1.807) is 0 Å². The van der Waals surface area contributed by atoms with Crippen LogP contribution in [0.5, 0.6) is 11.5 Å².